The van der Waals surface area contributed by atoms with Crippen molar-refractivity contribution in [3.05, 3.63) is 77.1 Å². The number of hydrogen-bond donors (Lipinski definition) is 1. The molecule has 3 aromatic carbocycles. The summed E-state index contributed by atoms with van der Waals surface area (Å²) in [6.45, 7) is 0.808. The van der Waals surface area contributed by atoms with Crippen molar-refractivity contribution in [1.29, 1.82) is 0 Å². The van der Waals surface area contributed by atoms with Crippen LogP contribution in [0.25, 0.3) is 10.8 Å². The number of carbonyl (C=O) groups excluding carboxylic acids is 1. The van der Waals surface area contributed by atoms with Gasteiger partial charge in [-0.15, -0.1) is 11.8 Å². The first-order valence-electron chi connectivity index (χ1n) is 8.52. The molecular weight excluding hydrogens is 385 g/mol. The molecule has 0 aliphatic rings. The highest BCUT2D eigenvalue weighted by Gasteiger charge is 2.06. The van der Waals surface area contributed by atoms with Crippen molar-refractivity contribution >= 4 is 40.0 Å². The molecule has 0 radical (unpaired) electrons. The van der Waals surface area contributed by atoms with E-state index in [1.165, 1.54) is 17.8 Å². The molecule has 0 aliphatic heterocycles. The number of nitrogens with one attached hydrogen (secondary N) is 1. The van der Waals surface area contributed by atoms with Crippen molar-refractivity contribution in [3.63, 3.8) is 0 Å². The lowest BCUT2D eigenvalue weighted by atomic mass is 10.1. The minimum Gasteiger partial charge on any atom is -0.492 e. The van der Waals surface area contributed by atoms with E-state index in [1.807, 2.05) is 42.5 Å². The van der Waals surface area contributed by atoms with Gasteiger partial charge in [0.1, 0.15) is 18.2 Å². The van der Waals surface area contributed by atoms with E-state index in [4.69, 9.17) is 16.3 Å². The summed E-state index contributed by atoms with van der Waals surface area (Å²) >= 11 is 7.08. The Bertz CT molecular complexity index is 935. The van der Waals surface area contributed by atoms with E-state index in [9.17, 15) is 9.18 Å². The third kappa shape index (κ3) is 5.88. The molecule has 27 heavy (non-hydrogen) atoms. The predicted molar refractivity (Wildman–Crippen MR) is 110 cm³/mol. The Balaban J connectivity index is 1.35. The van der Waals surface area contributed by atoms with Crippen molar-refractivity contribution in [2.24, 2.45) is 0 Å². The molecule has 0 bridgehead atoms. The van der Waals surface area contributed by atoms with Crippen molar-refractivity contribution in [1.82, 2.24) is 5.32 Å². The van der Waals surface area contributed by atoms with Gasteiger partial charge >= 0.3 is 0 Å². The van der Waals surface area contributed by atoms with E-state index in [0.29, 0.717) is 29.5 Å². The minimum atomic E-state index is -0.348. The summed E-state index contributed by atoms with van der Waals surface area (Å²) in [5, 5.41) is 5.44. The van der Waals surface area contributed by atoms with Crippen LogP contribution in [0.3, 0.4) is 0 Å². The van der Waals surface area contributed by atoms with Gasteiger partial charge in [0.2, 0.25) is 5.91 Å². The number of ether oxygens (including phenoxy) is 1. The molecule has 0 aromatic heterocycles. The number of thioether (sulfide) groups is 1. The molecule has 0 unspecified atom stereocenters. The predicted octanol–water partition coefficient (Wildman–Crippen LogP) is 5.06. The highest BCUT2D eigenvalue weighted by Crippen LogP contribution is 2.21. The fourth-order valence-electron chi connectivity index (χ4n) is 2.56. The van der Waals surface area contributed by atoms with Gasteiger partial charge in [-0.05, 0) is 40.6 Å². The van der Waals surface area contributed by atoms with Crippen LogP contribution < -0.4 is 10.1 Å². The van der Waals surface area contributed by atoms with E-state index in [-0.39, 0.29) is 17.5 Å². The average Bonchev–Trinajstić information content (AvgIpc) is 2.67. The van der Waals surface area contributed by atoms with Crippen LogP contribution in [0.15, 0.2) is 60.7 Å². The van der Waals surface area contributed by atoms with Crippen LogP contribution in [-0.4, -0.2) is 24.8 Å². The summed E-state index contributed by atoms with van der Waals surface area (Å²) in [6.07, 6.45) is 0. The Labute approximate surface area is 166 Å². The second-order valence-electron chi connectivity index (χ2n) is 5.94. The molecule has 1 amide bonds. The first kappa shape index (κ1) is 19.5. The van der Waals surface area contributed by atoms with Gasteiger partial charge in [-0.3, -0.25) is 4.79 Å². The molecule has 0 saturated heterocycles. The van der Waals surface area contributed by atoms with Crippen molar-refractivity contribution in [2.45, 2.75) is 5.75 Å². The zero-order valence-corrected chi connectivity index (χ0v) is 16.2. The molecule has 3 aromatic rings. The van der Waals surface area contributed by atoms with E-state index in [0.717, 1.165) is 16.5 Å². The maximum Gasteiger partial charge on any atom is 0.230 e. The second kappa shape index (κ2) is 9.62. The highest BCUT2D eigenvalue weighted by atomic mass is 35.5. The maximum absolute atomic E-state index is 13.7. The van der Waals surface area contributed by atoms with Gasteiger partial charge in [0.25, 0.3) is 0 Å². The van der Waals surface area contributed by atoms with Crippen LogP contribution in [0.4, 0.5) is 4.39 Å². The number of carbonyl (C=O) groups is 1. The summed E-state index contributed by atoms with van der Waals surface area (Å²) in [6, 6.07) is 18.5. The van der Waals surface area contributed by atoms with E-state index in [1.54, 1.807) is 12.1 Å². The van der Waals surface area contributed by atoms with Crippen LogP contribution in [-0.2, 0) is 10.5 Å². The third-order valence-corrected chi connectivity index (χ3v) is 5.14. The molecule has 3 rings (SSSR count). The first-order chi connectivity index (χ1) is 13.1. The Kier molecular flexibility index (Phi) is 6.96. The Morgan fingerprint density at radius 1 is 1.07 bits per heavy atom. The number of halogens is 2. The molecule has 0 aliphatic carbocycles. The lowest BCUT2D eigenvalue weighted by Gasteiger charge is -2.09. The normalized spacial score (nSPS) is 10.7. The lowest BCUT2D eigenvalue weighted by Crippen LogP contribution is -2.29. The summed E-state index contributed by atoms with van der Waals surface area (Å²) in [5.74, 6) is 1.01. The first-order valence-corrected chi connectivity index (χ1v) is 10.0. The molecule has 0 heterocycles. The van der Waals surface area contributed by atoms with E-state index >= 15 is 0 Å². The average molecular weight is 404 g/mol. The van der Waals surface area contributed by atoms with Crippen LogP contribution in [0.1, 0.15) is 5.56 Å². The Morgan fingerprint density at radius 3 is 2.70 bits per heavy atom. The third-order valence-electron chi connectivity index (χ3n) is 3.92. The van der Waals surface area contributed by atoms with Gasteiger partial charge in [0.05, 0.1) is 12.3 Å². The number of amides is 1. The number of hydrogen-bond acceptors (Lipinski definition) is 3. The molecule has 0 atom stereocenters. The van der Waals surface area contributed by atoms with Gasteiger partial charge in [-0.1, -0.05) is 48.0 Å². The topological polar surface area (TPSA) is 38.3 Å². The molecule has 0 spiro atoms. The molecule has 140 valence electrons. The van der Waals surface area contributed by atoms with Crippen LogP contribution in [0.2, 0.25) is 5.02 Å². The monoisotopic (exact) mass is 403 g/mol. The zero-order valence-electron chi connectivity index (χ0n) is 14.6. The smallest absolute Gasteiger partial charge is 0.230 e. The Morgan fingerprint density at radius 2 is 1.89 bits per heavy atom. The summed E-state index contributed by atoms with van der Waals surface area (Å²) in [4.78, 5) is 11.9. The van der Waals surface area contributed by atoms with Gasteiger partial charge in [-0.25, -0.2) is 4.39 Å². The van der Waals surface area contributed by atoms with Crippen molar-refractivity contribution in [2.75, 3.05) is 18.9 Å². The number of benzene rings is 3. The molecule has 3 nitrogen and oxygen atoms in total. The van der Waals surface area contributed by atoms with E-state index in [2.05, 4.69) is 5.32 Å². The van der Waals surface area contributed by atoms with E-state index < -0.39 is 0 Å². The molecule has 1 N–H and O–H groups in total. The Hall–Kier alpha value is -2.24. The molecule has 0 fully saturated rings. The largest absolute Gasteiger partial charge is 0.492 e. The second-order valence-corrected chi connectivity index (χ2v) is 7.36. The van der Waals surface area contributed by atoms with Gasteiger partial charge in [0, 0.05) is 10.8 Å². The molecular formula is C21H19ClFNO2S. The number of rotatable bonds is 8. The standard InChI is InChI=1S/C21H19ClFNO2S/c22-18-7-5-17(20(23)12-18)13-27-14-21(25)24-9-10-26-19-8-6-15-3-1-2-4-16(15)11-19/h1-8,11-12H,9-10,13-14H2,(H,24,25). The van der Waals surface area contributed by atoms with Crippen molar-refractivity contribution < 1.29 is 13.9 Å². The SMILES string of the molecule is O=C(CSCc1ccc(Cl)cc1F)NCCOc1ccc2ccccc2c1. The fourth-order valence-corrected chi connectivity index (χ4v) is 3.56. The molecule has 6 heteroatoms. The summed E-state index contributed by atoms with van der Waals surface area (Å²) in [5.41, 5.74) is 0.539. The minimum absolute atomic E-state index is 0.100. The van der Waals surface area contributed by atoms with Crippen molar-refractivity contribution in [3.8, 4) is 5.75 Å². The van der Waals surface area contributed by atoms with Gasteiger partial charge in [0.15, 0.2) is 0 Å². The van der Waals surface area contributed by atoms with Crippen LogP contribution in [0.5, 0.6) is 5.75 Å². The van der Waals surface area contributed by atoms with Crippen LogP contribution in [0, 0.1) is 5.82 Å². The highest BCUT2D eigenvalue weighted by molar-refractivity contribution is 7.99. The lowest BCUT2D eigenvalue weighted by molar-refractivity contribution is -0.118. The van der Waals surface area contributed by atoms with Crippen LogP contribution >= 0.6 is 23.4 Å². The number of fused-ring (bicyclic) bond motifs is 1. The van der Waals surface area contributed by atoms with Gasteiger partial charge < -0.3 is 10.1 Å². The quantitative estimate of drug-likeness (QED) is 0.534. The summed E-state index contributed by atoms with van der Waals surface area (Å²) in [7, 11) is 0. The fraction of sp³-hybridized carbons (Fsp3) is 0.190. The molecule has 0 saturated carbocycles. The maximum atomic E-state index is 13.7. The van der Waals surface area contributed by atoms with Gasteiger partial charge in [-0.2, -0.15) is 0 Å². The summed E-state index contributed by atoms with van der Waals surface area (Å²) < 4.78 is 19.3. The zero-order chi connectivity index (χ0) is 19.1.